The number of hydrogen-bond acceptors (Lipinski definition) is 2. The molecule has 0 spiro atoms. The van der Waals surface area contributed by atoms with Gasteiger partial charge >= 0.3 is 5.97 Å². The third-order valence-corrected chi connectivity index (χ3v) is 3.44. The molecule has 1 fully saturated rings. The van der Waals surface area contributed by atoms with Crippen LogP contribution in [0.2, 0.25) is 0 Å². The number of anilines is 1. The molecule has 102 valence electrons. The van der Waals surface area contributed by atoms with Gasteiger partial charge in [0, 0.05) is 30.4 Å². The van der Waals surface area contributed by atoms with Crippen molar-refractivity contribution in [2.24, 2.45) is 5.41 Å². The number of rotatable bonds is 3. The second-order valence-corrected chi connectivity index (χ2v) is 5.68. The molecule has 1 saturated heterocycles. The Morgan fingerprint density at radius 1 is 1.47 bits per heavy atom. The molecule has 0 atom stereocenters. The molecule has 0 saturated carbocycles. The summed E-state index contributed by atoms with van der Waals surface area (Å²) >= 11 is 0. The van der Waals surface area contributed by atoms with Gasteiger partial charge in [0.1, 0.15) is 5.82 Å². The van der Waals surface area contributed by atoms with Gasteiger partial charge in [-0.05, 0) is 30.0 Å². The zero-order valence-electron chi connectivity index (χ0n) is 11.2. The van der Waals surface area contributed by atoms with Gasteiger partial charge in [0.15, 0.2) is 0 Å². The van der Waals surface area contributed by atoms with Crippen LogP contribution in [0.5, 0.6) is 0 Å². The molecule has 2 rings (SSSR count). The minimum absolute atomic E-state index is 0.208. The normalized spacial score (nSPS) is 18.2. The highest BCUT2D eigenvalue weighted by Gasteiger charge is 2.30. The predicted octanol–water partition coefficient (Wildman–Crippen LogP) is 3.16. The average Bonchev–Trinajstić information content (AvgIpc) is 2.67. The lowest BCUT2D eigenvalue weighted by Crippen LogP contribution is -2.23. The summed E-state index contributed by atoms with van der Waals surface area (Å²) in [6.07, 6.45) is 3.35. The standard InChI is InChI=1S/C15H18FNO2/c1-15(2)8-9-17(10-15)13-5-3-4-12(16)11(13)6-7-14(18)19/h3-7H,8-10H2,1-2H3,(H,18,19)/b7-6+. The van der Waals surface area contributed by atoms with Crippen molar-refractivity contribution in [1.82, 2.24) is 0 Å². The predicted molar refractivity (Wildman–Crippen MR) is 73.7 cm³/mol. The molecule has 0 unspecified atom stereocenters. The first-order chi connectivity index (χ1) is 8.89. The number of carboxylic acids is 1. The van der Waals surface area contributed by atoms with Gasteiger partial charge in [-0.2, -0.15) is 0 Å². The second kappa shape index (κ2) is 5.03. The van der Waals surface area contributed by atoms with Crippen molar-refractivity contribution >= 4 is 17.7 Å². The highest BCUT2D eigenvalue weighted by Crippen LogP contribution is 2.35. The molecule has 0 bridgehead atoms. The maximum atomic E-state index is 13.9. The van der Waals surface area contributed by atoms with Crippen molar-refractivity contribution in [3.63, 3.8) is 0 Å². The van der Waals surface area contributed by atoms with E-state index in [2.05, 4.69) is 18.7 Å². The lowest BCUT2D eigenvalue weighted by Gasteiger charge is -2.23. The zero-order chi connectivity index (χ0) is 14.0. The first-order valence-corrected chi connectivity index (χ1v) is 6.33. The van der Waals surface area contributed by atoms with Gasteiger partial charge in [-0.3, -0.25) is 0 Å². The summed E-state index contributed by atoms with van der Waals surface area (Å²) in [5.74, 6) is -1.46. The minimum atomic E-state index is -1.07. The van der Waals surface area contributed by atoms with Crippen LogP contribution in [0.4, 0.5) is 10.1 Å². The highest BCUT2D eigenvalue weighted by molar-refractivity contribution is 5.87. The molecule has 0 aliphatic carbocycles. The van der Waals surface area contributed by atoms with E-state index in [-0.39, 0.29) is 11.2 Å². The average molecular weight is 263 g/mol. The largest absolute Gasteiger partial charge is 0.478 e. The van der Waals surface area contributed by atoms with Crippen molar-refractivity contribution in [3.05, 3.63) is 35.7 Å². The van der Waals surface area contributed by atoms with E-state index in [9.17, 15) is 9.18 Å². The molecule has 1 aromatic rings. The van der Waals surface area contributed by atoms with Crippen LogP contribution in [-0.4, -0.2) is 24.2 Å². The number of hydrogen-bond donors (Lipinski definition) is 1. The molecule has 1 aromatic carbocycles. The summed E-state index contributed by atoms with van der Waals surface area (Å²) in [6.45, 7) is 6.08. The van der Waals surface area contributed by atoms with E-state index < -0.39 is 5.97 Å². The van der Waals surface area contributed by atoms with Crippen molar-refractivity contribution in [1.29, 1.82) is 0 Å². The summed E-state index contributed by atoms with van der Waals surface area (Å²) in [7, 11) is 0. The quantitative estimate of drug-likeness (QED) is 0.852. The molecule has 4 heteroatoms. The van der Waals surface area contributed by atoms with Gasteiger partial charge in [-0.15, -0.1) is 0 Å². The third kappa shape index (κ3) is 3.13. The molecular formula is C15H18FNO2. The molecule has 1 aliphatic heterocycles. The Morgan fingerprint density at radius 3 is 2.79 bits per heavy atom. The van der Waals surface area contributed by atoms with Crippen LogP contribution in [0.1, 0.15) is 25.8 Å². The van der Waals surface area contributed by atoms with Gasteiger partial charge in [0.2, 0.25) is 0 Å². The lowest BCUT2D eigenvalue weighted by atomic mass is 9.93. The number of nitrogens with zero attached hydrogens (tertiary/aromatic N) is 1. The van der Waals surface area contributed by atoms with Crippen molar-refractivity contribution < 1.29 is 14.3 Å². The van der Waals surface area contributed by atoms with Crippen molar-refractivity contribution in [2.45, 2.75) is 20.3 Å². The fourth-order valence-electron chi connectivity index (χ4n) is 2.44. The Morgan fingerprint density at radius 2 is 2.21 bits per heavy atom. The first-order valence-electron chi connectivity index (χ1n) is 6.33. The van der Waals surface area contributed by atoms with Crippen LogP contribution in [0.15, 0.2) is 24.3 Å². The highest BCUT2D eigenvalue weighted by atomic mass is 19.1. The molecule has 1 aliphatic rings. The van der Waals surface area contributed by atoms with Gasteiger partial charge in [0.25, 0.3) is 0 Å². The Hall–Kier alpha value is -1.84. The van der Waals surface area contributed by atoms with Gasteiger partial charge < -0.3 is 10.0 Å². The monoisotopic (exact) mass is 263 g/mol. The summed E-state index contributed by atoms with van der Waals surface area (Å²) < 4.78 is 13.9. The van der Waals surface area contributed by atoms with E-state index in [1.54, 1.807) is 6.07 Å². The summed E-state index contributed by atoms with van der Waals surface area (Å²) in [6, 6.07) is 4.85. The molecule has 3 nitrogen and oxygen atoms in total. The molecule has 0 aromatic heterocycles. The van der Waals surface area contributed by atoms with Crippen LogP contribution in [0, 0.1) is 11.2 Å². The van der Waals surface area contributed by atoms with Crippen LogP contribution >= 0.6 is 0 Å². The molecule has 1 N–H and O–H groups in total. The maximum Gasteiger partial charge on any atom is 0.328 e. The zero-order valence-corrected chi connectivity index (χ0v) is 11.2. The van der Waals surface area contributed by atoms with Gasteiger partial charge in [0.05, 0.1) is 0 Å². The number of carbonyl (C=O) groups is 1. The Bertz CT molecular complexity index is 523. The molecule has 0 radical (unpaired) electrons. The maximum absolute atomic E-state index is 13.9. The van der Waals surface area contributed by atoms with E-state index >= 15 is 0 Å². The minimum Gasteiger partial charge on any atom is -0.478 e. The Labute approximate surface area is 112 Å². The van der Waals surface area contributed by atoms with E-state index in [0.717, 1.165) is 31.3 Å². The van der Waals surface area contributed by atoms with Crippen LogP contribution in [0.25, 0.3) is 6.08 Å². The third-order valence-electron chi connectivity index (χ3n) is 3.44. The number of aliphatic carboxylic acids is 1. The van der Waals surface area contributed by atoms with E-state index in [4.69, 9.17) is 5.11 Å². The molecule has 1 heterocycles. The summed E-state index contributed by atoms with van der Waals surface area (Å²) in [5.41, 5.74) is 1.32. The van der Waals surface area contributed by atoms with E-state index in [1.165, 1.54) is 12.1 Å². The molecular weight excluding hydrogens is 245 g/mol. The number of carboxylic acid groups (broad SMARTS) is 1. The Balaban J connectivity index is 2.35. The molecule has 19 heavy (non-hydrogen) atoms. The smallest absolute Gasteiger partial charge is 0.328 e. The van der Waals surface area contributed by atoms with Gasteiger partial charge in [-0.25, -0.2) is 9.18 Å². The number of halogens is 1. The van der Waals surface area contributed by atoms with Crippen LogP contribution in [-0.2, 0) is 4.79 Å². The van der Waals surface area contributed by atoms with Crippen LogP contribution in [0.3, 0.4) is 0 Å². The second-order valence-electron chi connectivity index (χ2n) is 5.68. The van der Waals surface area contributed by atoms with Crippen LogP contribution < -0.4 is 4.90 Å². The molecule has 0 amide bonds. The fourth-order valence-corrected chi connectivity index (χ4v) is 2.44. The van der Waals surface area contributed by atoms with Crippen molar-refractivity contribution in [2.75, 3.05) is 18.0 Å². The summed E-state index contributed by atoms with van der Waals surface area (Å²) in [4.78, 5) is 12.7. The number of benzene rings is 1. The Kier molecular flexibility index (Phi) is 3.60. The van der Waals surface area contributed by atoms with E-state index in [0.29, 0.717) is 5.56 Å². The topological polar surface area (TPSA) is 40.5 Å². The first kappa shape index (κ1) is 13.6. The SMILES string of the molecule is CC1(C)CCN(c2cccc(F)c2/C=C/C(=O)O)C1. The van der Waals surface area contributed by atoms with Crippen molar-refractivity contribution in [3.8, 4) is 0 Å². The lowest BCUT2D eigenvalue weighted by molar-refractivity contribution is -0.131. The summed E-state index contributed by atoms with van der Waals surface area (Å²) in [5, 5.41) is 8.68. The fraction of sp³-hybridized carbons (Fsp3) is 0.400. The van der Waals surface area contributed by atoms with Gasteiger partial charge in [-0.1, -0.05) is 19.9 Å². The van der Waals surface area contributed by atoms with E-state index in [1.807, 2.05) is 6.07 Å².